The largest absolute Gasteiger partial charge is 0.434 e. The lowest BCUT2D eigenvalue weighted by Crippen LogP contribution is -1.79. The Morgan fingerprint density at radius 2 is 2.21 bits per heavy atom. The highest BCUT2D eigenvalue weighted by molar-refractivity contribution is 7.71. The Morgan fingerprint density at radius 1 is 1.43 bits per heavy atom. The summed E-state index contributed by atoms with van der Waals surface area (Å²) in [6.45, 7) is 1.86. The molecule has 0 amide bonds. The summed E-state index contributed by atoms with van der Waals surface area (Å²) in [7, 11) is 0. The third-order valence-electron chi connectivity index (χ3n) is 1.94. The number of hydrogen-bond acceptors (Lipinski definition) is 2. The number of aromatic nitrogens is 1. The van der Waals surface area contributed by atoms with Crippen LogP contribution in [0.2, 0.25) is 5.02 Å². The van der Waals surface area contributed by atoms with Crippen LogP contribution in [0.5, 0.6) is 0 Å². The van der Waals surface area contributed by atoms with Gasteiger partial charge in [0.15, 0.2) is 0 Å². The van der Waals surface area contributed by atoms with Gasteiger partial charge in [0.2, 0.25) is 0 Å². The Labute approximate surface area is 91.5 Å². The van der Waals surface area contributed by atoms with E-state index in [2.05, 4.69) is 4.98 Å². The van der Waals surface area contributed by atoms with Gasteiger partial charge in [-0.3, -0.25) is 0 Å². The minimum Gasteiger partial charge on any atom is -0.434 e. The van der Waals surface area contributed by atoms with Crippen molar-refractivity contribution < 1.29 is 4.42 Å². The topological polar surface area (TPSA) is 28.9 Å². The van der Waals surface area contributed by atoms with E-state index in [9.17, 15) is 0 Å². The Hall–Kier alpha value is -1.06. The molecule has 0 aliphatic rings. The predicted octanol–water partition coefficient (Wildman–Crippen LogP) is 3.97. The van der Waals surface area contributed by atoms with Crippen molar-refractivity contribution in [3.63, 3.8) is 0 Å². The van der Waals surface area contributed by atoms with Crippen LogP contribution in [0, 0.1) is 11.8 Å². The Balaban J connectivity index is 2.59. The second kappa shape index (κ2) is 3.59. The van der Waals surface area contributed by atoms with E-state index in [0.29, 0.717) is 9.86 Å². The maximum atomic E-state index is 5.88. The maximum absolute atomic E-state index is 5.88. The first-order chi connectivity index (χ1) is 6.66. The molecule has 1 heterocycles. The van der Waals surface area contributed by atoms with Gasteiger partial charge in [0.25, 0.3) is 4.84 Å². The molecular formula is C10H8ClNOS. The highest BCUT2D eigenvalue weighted by Gasteiger charge is 2.06. The number of oxazole rings is 1. The van der Waals surface area contributed by atoms with Gasteiger partial charge in [-0.2, -0.15) is 0 Å². The number of nitrogens with one attached hydrogen (secondary N) is 1. The predicted molar refractivity (Wildman–Crippen MR) is 59.1 cm³/mol. The fourth-order valence-electron chi connectivity index (χ4n) is 1.33. The van der Waals surface area contributed by atoms with Crippen LogP contribution in [-0.4, -0.2) is 4.98 Å². The van der Waals surface area contributed by atoms with Crippen LogP contribution in [0.1, 0.15) is 5.76 Å². The molecular weight excluding hydrogens is 218 g/mol. The van der Waals surface area contributed by atoms with Gasteiger partial charge in [-0.1, -0.05) is 23.7 Å². The van der Waals surface area contributed by atoms with E-state index in [1.807, 2.05) is 31.2 Å². The minimum atomic E-state index is 0.387. The van der Waals surface area contributed by atoms with Crippen LogP contribution in [0.4, 0.5) is 0 Å². The summed E-state index contributed by atoms with van der Waals surface area (Å²) in [5.74, 6) is 0.775. The molecule has 0 radical (unpaired) electrons. The van der Waals surface area contributed by atoms with Gasteiger partial charge in [0.1, 0.15) is 5.76 Å². The molecule has 72 valence electrons. The van der Waals surface area contributed by atoms with Crippen molar-refractivity contribution in [3.8, 4) is 11.3 Å². The molecule has 1 N–H and O–H groups in total. The fraction of sp³-hybridized carbons (Fsp3) is 0.100. The monoisotopic (exact) mass is 225 g/mol. The number of aryl methyl sites for hydroxylation is 1. The van der Waals surface area contributed by atoms with E-state index < -0.39 is 0 Å². The van der Waals surface area contributed by atoms with Crippen LogP contribution in [-0.2, 0) is 0 Å². The number of halogens is 1. The van der Waals surface area contributed by atoms with E-state index in [1.54, 1.807) is 0 Å². The Bertz CT molecular complexity index is 515. The summed E-state index contributed by atoms with van der Waals surface area (Å²) < 4.78 is 5.22. The van der Waals surface area contributed by atoms with E-state index in [4.69, 9.17) is 28.2 Å². The molecule has 0 unspecified atom stereocenters. The van der Waals surface area contributed by atoms with Gasteiger partial charge in [0, 0.05) is 10.6 Å². The van der Waals surface area contributed by atoms with Gasteiger partial charge in [0.05, 0.1) is 5.69 Å². The third-order valence-corrected chi connectivity index (χ3v) is 2.36. The highest BCUT2D eigenvalue weighted by atomic mass is 35.5. The van der Waals surface area contributed by atoms with Gasteiger partial charge in [-0.05, 0) is 31.3 Å². The van der Waals surface area contributed by atoms with E-state index in [-0.39, 0.29) is 0 Å². The van der Waals surface area contributed by atoms with Crippen molar-refractivity contribution in [3.05, 3.63) is 39.9 Å². The number of aromatic amines is 1. The zero-order valence-electron chi connectivity index (χ0n) is 7.50. The van der Waals surface area contributed by atoms with Crippen molar-refractivity contribution in [2.75, 3.05) is 0 Å². The normalized spacial score (nSPS) is 10.4. The van der Waals surface area contributed by atoms with Crippen molar-refractivity contribution in [1.82, 2.24) is 4.98 Å². The molecule has 2 rings (SSSR count). The average molecular weight is 226 g/mol. The maximum Gasteiger partial charge on any atom is 0.266 e. The zero-order valence-corrected chi connectivity index (χ0v) is 9.08. The molecule has 1 aromatic heterocycles. The summed E-state index contributed by atoms with van der Waals surface area (Å²) in [6.07, 6.45) is 0. The van der Waals surface area contributed by atoms with Gasteiger partial charge >= 0.3 is 0 Å². The Kier molecular flexibility index (Phi) is 2.44. The molecule has 0 bridgehead atoms. The molecule has 1 aromatic carbocycles. The molecule has 14 heavy (non-hydrogen) atoms. The van der Waals surface area contributed by atoms with Crippen LogP contribution in [0.25, 0.3) is 11.3 Å². The average Bonchev–Trinajstić information content (AvgIpc) is 2.45. The lowest BCUT2D eigenvalue weighted by atomic mass is 10.1. The number of H-pyrrole nitrogens is 1. The second-order valence-electron chi connectivity index (χ2n) is 2.96. The van der Waals surface area contributed by atoms with Crippen molar-refractivity contribution >= 4 is 23.8 Å². The smallest absolute Gasteiger partial charge is 0.266 e. The van der Waals surface area contributed by atoms with Gasteiger partial charge in [-0.25, -0.2) is 0 Å². The standard InChI is InChI=1S/C10H8ClNOS/c1-6-9(12-10(14)13-6)7-3-2-4-8(11)5-7/h2-5H,1H3,(H,12,14). The molecule has 0 saturated heterocycles. The van der Waals surface area contributed by atoms with Crippen LogP contribution < -0.4 is 0 Å². The highest BCUT2D eigenvalue weighted by Crippen LogP contribution is 2.24. The summed E-state index contributed by atoms with van der Waals surface area (Å²) in [5.41, 5.74) is 1.87. The summed E-state index contributed by atoms with van der Waals surface area (Å²) in [4.78, 5) is 3.36. The zero-order chi connectivity index (χ0) is 10.1. The summed E-state index contributed by atoms with van der Waals surface area (Å²) in [5, 5.41) is 0.697. The molecule has 4 heteroatoms. The molecule has 0 atom stereocenters. The van der Waals surface area contributed by atoms with Crippen molar-refractivity contribution in [2.24, 2.45) is 0 Å². The first kappa shape index (κ1) is 9.49. The third kappa shape index (κ3) is 1.74. The van der Waals surface area contributed by atoms with Crippen LogP contribution >= 0.6 is 23.8 Å². The first-order valence-corrected chi connectivity index (χ1v) is 4.91. The second-order valence-corrected chi connectivity index (χ2v) is 3.76. The minimum absolute atomic E-state index is 0.387. The summed E-state index contributed by atoms with van der Waals surface area (Å²) in [6, 6.07) is 7.54. The molecule has 0 fully saturated rings. The molecule has 0 spiro atoms. The van der Waals surface area contributed by atoms with Gasteiger partial charge in [-0.15, -0.1) is 0 Å². The quantitative estimate of drug-likeness (QED) is 0.745. The number of benzene rings is 1. The number of hydrogen-bond donors (Lipinski definition) is 1. The lowest BCUT2D eigenvalue weighted by molar-refractivity contribution is 0.512. The summed E-state index contributed by atoms with van der Waals surface area (Å²) >= 11 is 10.8. The van der Waals surface area contributed by atoms with Crippen molar-refractivity contribution in [1.29, 1.82) is 0 Å². The SMILES string of the molecule is Cc1oc(=S)[nH]c1-c1cccc(Cl)c1. The number of rotatable bonds is 1. The van der Waals surface area contributed by atoms with E-state index in [0.717, 1.165) is 17.0 Å². The molecule has 2 nitrogen and oxygen atoms in total. The van der Waals surface area contributed by atoms with Crippen molar-refractivity contribution in [2.45, 2.75) is 6.92 Å². The molecule has 0 aliphatic heterocycles. The van der Waals surface area contributed by atoms with E-state index >= 15 is 0 Å². The van der Waals surface area contributed by atoms with Crippen LogP contribution in [0.3, 0.4) is 0 Å². The Morgan fingerprint density at radius 3 is 2.79 bits per heavy atom. The van der Waals surface area contributed by atoms with Crippen LogP contribution in [0.15, 0.2) is 28.7 Å². The fourth-order valence-corrected chi connectivity index (χ4v) is 1.74. The first-order valence-electron chi connectivity index (χ1n) is 4.12. The molecule has 0 saturated carbocycles. The van der Waals surface area contributed by atoms with Gasteiger partial charge < -0.3 is 9.40 Å². The molecule has 2 aromatic rings. The molecule has 0 aliphatic carbocycles. The van der Waals surface area contributed by atoms with E-state index in [1.165, 1.54) is 0 Å². The lowest BCUT2D eigenvalue weighted by Gasteiger charge is -1.98.